The number of piperazine rings is 1. The predicted molar refractivity (Wildman–Crippen MR) is 134 cm³/mol. The fourth-order valence-electron chi connectivity index (χ4n) is 5.86. The predicted octanol–water partition coefficient (Wildman–Crippen LogP) is 4.82. The summed E-state index contributed by atoms with van der Waals surface area (Å²) in [4.78, 5) is 21.5. The second-order valence-corrected chi connectivity index (χ2v) is 10.5. The van der Waals surface area contributed by atoms with Crippen LogP contribution in [0.15, 0.2) is 42.5 Å². The minimum Gasteiger partial charge on any atom is -0.322 e. The molecule has 0 N–H and O–H groups in total. The molecule has 0 spiro atoms. The monoisotopic (exact) mass is 484 g/mol. The van der Waals surface area contributed by atoms with Crippen LogP contribution in [0.25, 0.3) is 0 Å². The topological polar surface area (TPSA) is 30.0 Å². The van der Waals surface area contributed by atoms with E-state index in [9.17, 15) is 9.18 Å². The molecule has 2 saturated heterocycles. The summed E-state index contributed by atoms with van der Waals surface area (Å²) >= 11 is 6.36. The molecule has 3 aliphatic rings. The first-order chi connectivity index (χ1) is 16.4. The molecule has 182 valence electrons. The maximum Gasteiger partial charge on any atom is 0.320 e. The fourth-order valence-corrected chi connectivity index (χ4v) is 6.04. The maximum atomic E-state index is 14.0. The Morgan fingerprint density at radius 2 is 1.76 bits per heavy atom. The Balaban J connectivity index is 1.21. The van der Waals surface area contributed by atoms with Gasteiger partial charge >= 0.3 is 6.03 Å². The van der Waals surface area contributed by atoms with Crippen molar-refractivity contribution in [2.24, 2.45) is 0 Å². The first-order valence-electron chi connectivity index (χ1n) is 12.5. The molecule has 2 aromatic carbocycles. The van der Waals surface area contributed by atoms with Gasteiger partial charge in [0.15, 0.2) is 0 Å². The van der Waals surface area contributed by atoms with E-state index in [0.717, 1.165) is 69.4 Å². The summed E-state index contributed by atoms with van der Waals surface area (Å²) in [6.07, 6.45) is 0.951. The number of carbonyl (C=O) groups excluding carboxylic acids is 1. The summed E-state index contributed by atoms with van der Waals surface area (Å²) in [5, 5.41) is 0.734. The van der Waals surface area contributed by atoms with E-state index in [1.54, 1.807) is 12.1 Å². The number of urea groups is 1. The van der Waals surface area contributed by atoms with Crippen LogP contribution in [0.4, 0.5) is 9.18 Å². The molecule has 0 aromatic heterocycles. The number of hydrogen-bond acceptors (Lipinski definition) is 3. The average Bonchev–Trinajstić information content (AvgIpc) is 3.38. The summed E-state index contributed by atoms with van der Waals surface area (Å²) in [6, 6.07) is 14.0. The molecular formula is C27H34ClFN4O. The molecule has 7 heteroatoms. The van der Waals surface area contributed by atoms with Crippen LogP contribution in [0.5, 0.6) is 0 Å². The van der Waals surface area contributed by atoms with Gasteiger partial charge in [-0.05, 0) is 61.2 Å². The van der Waals surface area contributed by atoms with E-state index in [-0.39, 0.29) is 23.8 Å². The van der Waals surface area contributed by atoms with Crippen LogP contribution in [0.1, 0.15) is 48.9 Å². The zero-order chi connectivity index (χ0) is 23.8. The minimum absolute atomic E-state index is 0.164. The third kappa shape index (κ3) is 4.68. The van der Waals surface area contributed by atoms with Crippen LogP contribution in [0, 0.1) is 5.82 Å². The minimum atomic E-state index is -0.189. The van der Waals surface area contributed by atoms with Crippen LogP contribution in [0.2, 0.25) is 5.02 Å². The van der Waals surface area contributed by atoms with Crippen LogP contribution < -0.4 is 0 Å². The van der Waals surface area contributed by atoms with Crippen molar-refractivity contribution >= 4 is 17.6 Å². The molecule has 5 nitrogen and oxygen atoms in total. The molecule has 0 radical (unpaired) electrons. The van der Waals surface area contributed by atoms with Crippen molar-refractivity contribution in [3.8, 4) is 0 Å². The third-order valence-electron chi connectivity index (χ3n) is 7.78. The Labute approximate surface area is 207 Å². The van der Waals surface area contributed by atoms with Gasteiger partial charge in [-0.3, -0.25) is 9.80 Å². The number of fused-ring (bicyclic) bond motifs is 1. The van der Waals surface area contributed by atoms with Gasteiger partial charge in [0, 0.05) is 75.4 Å². The van der Waals surface area contributed by atoms with Crippen LogP contribution >= 0.6 is 11.6 Å². The lowest BCUT2D eigenvalue weighted by atomic mass is 9.93. The molecule has 2 amide bonds. The molecule has 2 unspecified atom stereocenters. The summed E-state index contributed by atoms with van der Waals surface area (Å²) in [5.41, 5.74) is 3.58. The number of hydrogen-bond donors (Lipinski definition) is 0. The number of carbonyl (C=O) groups is 1. The fraction of sp³-hybridized carbons (Fsp3) is 0.519. The van der Waals surface area contributed by atoms with E-state index >= 15 is 0 Å². The van der Waals surface area contributed by atoms with E-state index in [4.69, 9.17) is 11.6 Å². The first kappa shape index (κ1) is 23.6. The van der Waals surface area contributed by atoms with Crippen molar-refractivity contribution in [1.82, 2.24) is 19.6 Å². The highest BCUT2D eigenvalue weighted by atomic mass is 35.5. The van der Waals surface area contributed by atoms with Crippen molar-refractivity contribution in [3.63, 3.8) is 0 Å². The summed E-state index contributed by atoms with van der Waals surface area (Å²) in [7, 11) is 0. The Morgan fingerprint density at radius 1 is 0.971 bits per heavy atom. The Bertz CT molecular complexity index is 1040. The summed E-state index contributed by atoms with van der Waals surface area (Å²) in [6.45, 7) is 11.5. The van der Waals surface area contributed by atoms with Crippen molar-refractivity contribution in [2.75, 3.05) is 52.4 Å². The highest BCUT2D eigenvalue weighted by molar-refractivity contribution is 6.30. The molecule has 5 rings (SSSR count). The second kappa shape index (κ2) is 9.84. The van der Waals surface area contributed by atoms with E-state index < -0.39 is 0 Å². The first-order valence-corrected chi connectivity index (χ1v) is 12.9. The van der Waals surface area contributed by atoms with Gasteiger partial charge in [-0.2, -0.15) is 0 Å². The standard InChI is InChI=1S/C27H34ClFN4O/c1-19(2)33-15-14-32(27(33)34)13-10-30-8-11-31(12-9-30)26-18-24(20-4-3-5-22(29)16-20)25-17-21(28)6-7-23(25)26/h3-7,16-17,19,24,26H,8-15,18H2,1-2H3. The van der Waals surface area contributed by atoms with Crippen molar-refractivity contribution < 1.29 is 9.18 Å². The molecule has 1 aliphatic carbocycles. The largest absolute Gasteiger partial charge is 0.322 e. The molecule has 2 aromatic rings. The van der Waals surface area contributed by atoms with Gasteiger partial charge in [0.25, 0.3) is 0 Å². The van der Waals surface area contributed by atoms with Gasteiger partial charge < -0.3 is 9.80 Å². The Hall–Kier alpha value is -2.15. The zero-order valence-electron chi connectivity index (χ0n) is 20.1. The van der Waals surface area contributed by atoms with Gasteiger partial charge in [-0.25, -0.2) is 9.18 Å². The van der Waals surface area contributed by atoms with E-state index in [2.05, 4.69) is 35.8 Å². The van der Waals surface area contributed by atoms with Gasteiger partial charge in [-0.15, -0.1) is 0 Å². The Morgan fingerprint density at radius 3 is 2.47 bits per heavy atom. The van der Waals surface area contributed by atoms with Crippen LogP contribution in [-0.4, -0.2) is 84.0 Å². The lowest BCUT2D eigenvalue weighted by Crippen LogP contribution is -2.49. The van der Waals surface area contributed by atoms with Gasteiger partial charge in [-0.1, -0.05) is 29.8 Å². The molecule has 34 heavy (non-hydrogen) atoms. The zero-order valence-corrected chi connectivity index (χ0v) is 20.8. The van der Waals surface area contributed by atoms with Gasteiger partial charge in [0.05, 0.1) is 0 Å². The third-order valence-corrected chi connectivity index (χ3v) is 8.01. The Kier molecular flexibility index (Phi) is 6.83. The number of nitrogens with zero attached hydrogens (tertiary/aromatic N) is 4. The molecule has 0 saturated carbocycles. The SMILES string of the molecule is CC(C)N1CCN(CCN2CCN(C3CC(c4cccc(F)c4)c4cc(Cl)ccc43)CC2)C1=O. The summed E-state index contributed by atoms with van der Waals surface area (Å²) in [5.74, 6) is -0.0244. The van der Waals surface area contributed by atoms with Crippen LogP contribution in [0.3, 0.4) is 0 Å². The average molecular weight is 485 g/mol. The van der Waals surface area contributed by atoms with Gasteiger partial charge in [0.2, 0.25) is 0 Å². The number of amides is 2. The van der Waals surface area contributed by atoms with E-state index in [1.165, 1.54) is 17.2 Å². The number of rotatable bonds is 6. The maximum absolute atomic E-state index is 14.0. The quantitative estimate of drug-likeness (QED) is 0.589. The highest BCUT2D eigenvalue weighted by Crippen LogP contribution is 2.47. The number of benzene rings is 2. The highest BCUT2D eigenvalue weighted by Gasteiger charge is 2.37. The molecule has 2 fully saturated rings. The van der Waals surface area contributed by atoms with Crippen molar-refractivity contribution in [2.45, 2.75) is 38.3 Å². The second-order valence-electron chi connectivity index (χ2n) is 10.1. The summed E-state index contributed by atoms with van der Waals surface area (Å²) < 4.78 is 14.0. The smallest absolute Gasteiger partial charge is 0.320 e. The molecular weight excluding hydrogens is 451 g/mol. The number of halogens is 2. The molecule has 0 bridgehead atoms. The van der Waals surface area contributed by atoms with Crippen molar-refractivity contribution in [3.05, 3.63) is 70.0 Å². The van der Waals surface area contributed by atoms with E-state index in [0.29, 0.717) is 6.04 Å². The van der Waals surface area contributed by atoms with E-state index in [1.807, 2.05) is 21.9 Å². The lowest BCUT2D eigenvalue weighted by molar-refractivity contribution is 0.0900. The normalized spacial score (nSPS) is 23.9. The molecule has 2 aliphatic heterocycles. The molecule has 2 atom stereocenters. The van der Waals surface area contributed by atoms with Gasteiger partial charge in [0.1, 0.15) is 5.82 Å². The molecule has 2 heterocycles. The lowest BCUT2D eigenvalue weighted by Gasteiger charge is -2.39. The van der Waals surface area contributed by atoms with Crippen LogP contribution in [-0.2, 0) is 0 Å². The van der Waals surface area contributed by atoms with Crippen molar-refractivity contribution in [1.29, 1.82) is 0 Å².